The number of nitrogens with one attached hydrogen (secondary N) is 1. The molecule has 2 heterocycles. The Hall–Kier alpha value is -3.06. The summed E-state index contributed by atoms with van der Waals surface area (Å²) in [6.45, 7) is 0.290. The van der Waals surface area contributed by atoms with Crippen molar-refractivity contribution < 1.29 is 9.53 Å². The number of carbonyl (C=O) groups excluding carboxylic acids is 1. The number of amides is 1. The number of aromatic nitrogens is 2. The van der Waals surface area contributed by atoms with Crippen LogP contribution in [0.2, 0.25) is 5.02 Å². The van der Waals surface area contributed by atoms with Crippen molar-refractivity contribution in [1.29, 1.82) is 0 Å². The van der Waals surface area contributed by atoms with Crippen molar-refractivity contribution in [1.82, 2.24) is 14.9 Å². The largest absolute Gasteiger partial charge is 0.439 e. The van der Waals surface area contributed by atoms with Gasteiger partial charge in [0.2, 0.25) is 0 Å². The van der Waals surface area contributed by atoms with Crippen molar-refractivity contribution in [3.05, 3.63) is 63.5 Å². The van der Waals surface area contributed by atoms with Crippen LogP contribution in [0.3, 0.4) is 0 Å². The average molecular weight is 357 g/mol. The Morgan fingerprint density at radius 3 is 2.68 bits per heavy atom. The lowest BCUT2D eigenvalue weighted by atomic mass is 10.0. The van der Waals surface area contributed by atoms with Gasteiger partial charge in [-0.3, -0.25) is 4.57 Å². The highest BCUT2D eigenvalue weighted by molar-refractivity contribution is 6.31. The molecule has 4 rings (SSSR count). The van der Waals surface area contributed by atoms with Crippen LogP contribution >= 0.6 is 11.6 Å². The van der Waals surface area contributed by atoms with Crippen molar-refractivity contribution >= 4 is 34.4 Å². The van der Waals surface area contributed by atoms with Crippen LogP contribution in [0.15, 0.2) is 47.3 Å². The van der Waals surface area contributed by atoms with E-state index in [-0.39, 0.29) is 12.4 Å². The third-order valence-corrected chi connectivity index (χ3v) is 4.28. The van der Waals surface area contributed by atoms with Crippen molar-refractivity contribution in [2.45, 2.75) is 6.10 Å². The van der Waals surface area contributed by atoms with Crippen LogP contribution in [-0.2, 0) is 4.74 Å². The Labute approximate surface area is 147 Å². The third kappa shape index (κ3) is 2.58. The molecule has 1 atom stereocenters. The van der Waals surface area contributed by atoms with Gasteiger partial charge in [-0.05, 0) is 24.3 Å². The molecule has 8 heteroatoms. The van der Waals surface area contributed by atoms with Crippen LogP contribution in [-0.4, -0.2) is 22.2 Å². The first-order chi connectivity index (χ1) is 12.0. The highest BCUT2D eigenvalue weighted by Gasteiger charge is 2.28. The first kappa shape index (κ1) is 15.5. The molecule has 126 valence electrons. The van der Waals surface area contributed by atoms with E-state index in [4.69, 9.17) is 22.1 Å². The maximum atomic E-state index is 12.5. The minimum Gasteiger partial charge on any atom is -0.439 e. The number of rotatable bonds is 2. The smallest absolute Gasteiger partial charge is 0.407 e. The lowest BCUT2D eigenvalue weighted by Gasteiger charge is -2.17. The highest BCUT2D eigenvalue weighted by Crippen LogP contribution is 2.34. The number of hydrogen-bond donors (Lipinski definition) is 2. The van der Waals surface area contributed by atoms with Gasteiger partial charge in [0.1, 0.15) is 11.9 Å². The number of nitrogens with two attached hydrogens (primary N) is 1. The molecule has 1 amide bonds. The van der Waals surface area contributed by atoms with Gasteiger partial charge in [-0.2, -0.15) is 4.98 Å². The summed E-state index contributed by atoms with van der Waals surface area (Å²) in [5, 5.41) is 3.53. The number of halogens is 1. The van der Waals surface area contributed by atoms with E-state index in [1.165, 1.54) is 4.57 Å². The molecule has 25 heavy (non-hydrogen) atoms. The van der Waals surface area contributed by atoms with Gasteiger partial charge in [-0.15, -0.1) is 0 Å². The van der Waals surface area contributed by atoms with Gasteiger partial charge in [0.15, 0.2) is 0 Å². The lowest BCUT2D eigenvalue weighted by Crippen LogP contribution is -2.24. The van der Waals surface area contributed by atoms with E-state index in [9.17, 15) is 9.59 Å². The average Bonchev–Trinajstić information content (AvgIpc) is 3.01. The number of hydrogen-bond acceptors (Lipinski definition) is 5. The van der Waals surface area contributed by atoms with Gasteiger partial charge in [0.25, 0.3) is 0 Å². The minimum atomic E-state index is -0.556. The molecule has 1 saturated heterocycles. The molecule has 1 fully saturated rings. The number of cyclic esters (lactones) is 1. The first-order valence-electron chi connectivity index (χ1n) is 7.56. The predicted molar refractivity (Wildman–Crippen MR) is 94.0 cm³/mol. The van der Waals surface area contributed by atoms with Gasteiger partial charge in [-0.1, -0.05) is 29.8 Å². The van der Waals surface area contributed by atoms with E-state index < -0.39 is 17.9 Å². The number of nitrogens with zero attached hydrogens (tertiary/aromatic N) is 2. The van der Waals surface area contributed by atoms with E-state index in [0.717, 1.165) is 0 Å². The van der Waals surface area contributed by atoms with Gasteiger partial charge in [0, 0.05) is 16.0 Å². The van der Waals surface area contributed by atoms with Crippen LogP contribution in [0, 0.1) is 0 Å². The van der Waals surface area contributed by atoms with E-state index in [1.807, 2.05) is 18.2 Å². The summed E-state index contributed by atoms with van der Waals surface area (Å²) in [4.78, 5) is 27.8. The topological polar surface area (TPSA) is 99.2 Å². The second-order valence-corrected chi connectivity index (χ2v) is 6.05. The Morgan fingerprint density at radius 2 is 2.00 bits per heavy atom. The van der Waals surface area contributed by atoms with Crippen molar-refractivity contribution in [3.8, 4) is 5.69 Å². The Morgan fingerprint density at radius 1 is 1.24 bits per heavy atom. The van der Waals surface area contributed by atoms with E-state index in [2.05, 4.69) is 10.3 Å². The molecular weight excluding hydrogens is 344 g/mol. The second-order valence-electron chi connectivity index (χ2n) is 5.61. The van der Waals surface area contributed by atoms with Crippen LogP contribution < -0.4 is 16.7 Å². The van der Waals surface area contributed by atoms with E-state index in [1.54, 1.807) is 24.3 Å². The zero-order valence-corrected chi connectivity index (χ0v) is 13.7. The molecule has 0 aliphatic carbocycles. The number of anilines is 1. The normalized spacial score (nSPS) is 16.7. The summed E-state index contributed by atoms with van der Waals surface area (Å²) in [5.74, 6) is 0.0711. The van der Waals surface area contributed by atoms with Crippen molar-refractivity contribution in [2.24, 2.45) is 0 Å². The summed E-state index contributed by atoms with van der Waals surface area (Å²) < 4.78 is 6.70. The van der Waals surface area contributed by atoms with Crippen molar-refractivity contribution in [2.75, 3.05) is 12.3 Å². The number of para-hydroxylation sites is 1. The number of carbonyl (C=O) groups is 1. The molecule has 2 aromatic carbocycles. The van der Waals surface area contributed by atoms with E-state index >= 15 is 0 Å². The lowest BCUT2D eigenvalue weighted by molar-refractivity contribution is 0.141. The molecule has 1 aliphatic heterocycles. The molecule has 1 aromatic heterocycles. The van der Waals surface area contributed by atoms with Crippen molar-refractivity contribution in [3.63, 3.8) is 0 Å². The summed E-state index contributed by atoms with van der Waals surface area (Å²) in [6.07, 6.45) is -1.07. The molecule has 3 N–H and O–H groups in total. The Balaban J connectivity index is 2.07. The molecule has 7 nitrogen and oxygen atoms in total. The number of nitrogen functional groups attached to an aromatic ring is 1. The summed E-state index contributed by atoms with van der Waals surface area (Å²) in [7, 11) is 0. The fourth-order valence-corrected chi connectivity index (χ4v) is 3.24. The molecule has 1 aliphatic rings. The van der Waals surface area contributed by atoms with Gasteiger partial charge in [0.05, 0.1) is 17.7 Å². The first-order valence-corrected chi connectivity index (χ1v) is 7.94. The van der Waals surface area contributed by atoms with Gasteiger partial charge in [-0.25, -0.2) is 9.59 Å². The fraction of sp³-hybridized carbons (Fsp3) is 0.118. The minimum absolute atomic E-state index is 0.0711. The Bertz CT molecular complexity index is 1050. The number of alkyl carbamates (subject to hydrolysis) is 1. The number of fused-ring (bicyclic) bond motifs is 1. The highest BCUT2D eigenvalue weighted by atomic mass is 35.5. The second kappa shape index (κ2) is 5.78. The summed E-state index contributed by atoms with van der Waals surface area (Å²) in [5.41, 5.74) is 7.27. The van der Waals surface area contributed by atoms with Crippen LogP contribution in [0.5, 0.6) is 0 Å². The number of benzene rings is 2. The summed E-state index contributed by atoms with van der Waals surface area (Å²) >= 11 is 6.27. The predicted octanol–water partition coefficient (Wildman–Crippen LogP) is 2.40. The maximum absolute atomic E-state index is 12.5. The molecule has 0 spiro atoms. The van der Waals surface area contributed by atoms with E-state index in [0.29, 0.717) is 27.2 Å². The zero-order valence-electron chi connectivity index (χ0n) is 12.9. The maximum Gasteiger partial charge on any atom is 0.407 e. The monoisotopic (exact) mass is 356 g/mol. The zero-order chi connectivity index (χ0) is 17.6. The Kier molecular flexibility index (Phi) is 3.58. The van der Waals surface area contributed by atoms with Gasteiger partial charge >= 0.3 is 11.8 Å². The van der Waals surface area contributed by atoms with Crippen LogP contribution in [0.1, 0.15) is 11.7 Å². The standard InChI is InChI=1S/C17H13ClN4O3/c18-9-6-11(13-8-20-17(24)25-13)14-12(7-9)22(16(23)21-15(14)19)10-4-2-1-3-5-10/h1-7,13H,8H2,(H,20,24)(H2,19,21,23). The third-order valence-electron chi connectivity index (χ3n) is 4.06. The number of ether oxygens (including phenoxy) is 1. The molecule has 0 bridgehead atoms. The molecule has 3 aromatic rings. The summed E-state index contributed by atoms with van der Waals surface area (Å²) in [6, 6.07) is 12.4. The molecular formula is C17H13ClN4O3. The van der Waals surface area contributed by atoms with Gasteiger partial charge < -0.3 is 15.8 Å². The molecule has 1 unspecified atom stereocenters. The quantitative estimate of drug-likeness (QED) is 0.734. The SMILES string of the molecule is Nc1nc(=O)n(-c2ccccc2)c2cc(Cl)cc(C3CNC(=O)O3)c12. The van der Waals surface area contributed by atoms with Crippen LogP contribution in [0.25, 0.3) is 16.6 Å². The molecule has 0 saturated carbocycles. The fourth-order valence-electron chi connectivity index (χ4n) is 3.02. The van der Waals surface area contributed by atoms with Crippen LogP contribution in [0.4, 0.5) is 10.6 Å². The molecule has 0 radical (unpaired) electrons.